The number of carbonyl (C=O) groups excluding carboxylic acids is 3. The van der Waals surface area contributed by atoms with Gasteiger partial charge in [-0.15, -0.1) is 0 Å². The molecule has 240 valence electrons. The van der Waals surface area contributed by atoms with E-state index in [1.54, 1.807) is 0 Å². The zero-order valence-electron chi connectivity index (χ0n) is 26.4. The molecular formula is C35H49N3O6. The van der Waals surface area contributed by atoms with Gasteiger partial charge < -0.3 is 25.4 Å². The molecule has 3 N–H and O–H groups in total. The summed E-state index contributed by atoms with van der Waals surface area (Å²) in [6.07, 6.45) is 6.92. The Morgan fingerprint density at radius 2 is 1.61 bits per heavy atom. The molecule has 2 aromatic carbocycles. The maximum atomic E-state index is 13.7. The monoisotopic (exact) mass is 607 g/mol. The molecule has 0 aromatic heterocycles. The molecular weight excluding hydrogens is 558 g/mol. The smallest absolute Gasteiger partial charge is 0.326 e. The number of nitrogens with zero attached hydrogens (tertiary/aromatic N) is 1. The zero-order valence-corrected chi connectivity index (χ0v) is 26.4. The van der Waals surface area contributed by atoms with Gasteiger partial charge >= 0.3 is 5.97 Å². The van der Waals surface area contributed by atoms with Crippen LogP contribution in [0.2, 0.25) is 0 Å². The summed E-state index contributed by atoms with van der Waals surface area (Å²) in [5, 5.41) is 15.4. The van der Waals surface area contributed by atoms with Crippen LogP contribution in [0.4, 0.5) is 0 Å². The van der Waals surface area contributed by atoms with E-state index in [2.05, 4.69) is 17.6 Å². The van der Waals surface area contributed by atoms with Gasteiger partial charge in [0.15, 0.2) is 0 Å². The van der Waals surface area contributed by atoms with Crippen LogP contribution in [-0.4, -0.2) is 58.4 Å². The van der Waals surface area contributed by atoms with E-state index < -0.39 is 35.9 Å². The summed E-state index contributed by atoms with van der Waals surface area (Å²) in [5.41, 5.74) is 1.89. The second-order valence-electron chi connectivity index (χ2n) is 12.1. The van der Waals surface area contributed by atoms with Crippen molar-refractivity contribution in [1.29, 1.82) is 0 Å². The Labute approximate surface area is 261 Å². The summed E-state index contributed by atoms with van der Waals surface area (Å²) in [5.74, 6) is -1.32. The van der Waals surface area contributed by atoms with Gasteiger partial charge in [0.1, 0.15) is 30.5 Å². The molecule has 2 aromatic rings. The van der Waals surface area contributed by atoms with Crippen molar-refractivity contribution < 1.29 is 29.0 Å². The third-order valence-corrected chi connectivity index (χ3v) is 7.91. The van der Waals surface area contributed by atoms with Crippen LogP contribution in [0.25, 0.3) is 0 Å². The number of carbonyl (C=O) groups is 4. The van der Waals surface area contributed by atoms with E-state index in [0.717, 1.165) is 43.2 Å². The molecule has 0 saturated carbocycles. The highest BCUT2D eigenvalue weighted by Gasteiger charge is 2.38. The number of likely N-dealkylation sites (tertiary alicyclic amines) is 1. The summed E-state index contributed by atoms with van der Waals surface area (Å²) in [7, 11) is 0. The van der Waals surface area contributed by atoms with Gasteiger partial charge in [0.2, 0.25) is 17.7 Å². The Morgan fingerprint density at radius 3 is 2.27 bits per heavy atom. The fourth-order valence-electron chi connectivity index (χ4n) is 5.52. The van der Waals surface area contributed by atoms with Crippen molar-refractivity contribution in [3.05, 3.63) is 65.7 Å². The Bertz CT molecular complexity index is 1200. The number of carboxylic acid groups (broad SMARTS) is 1. The average molecular weight is 608 g/mol. The number of hydrogen-bond acceptors (Lipinski definition) is 5. The summed E-state index contributed by atoms with van der Waals surface area (Å²) in [6, 6.07) is 14.6. The summed E-state index contributed by atoms with van der Waals surface area (Å²) < 4.78 is 5.89. The van der Waals surface area contributed by atoms with Crippen LogP contribution in [0, 0.1) is 5.92 Å². The van der Waals surface area contributed by atoms with E-state index in [4.69, 9.17) is 4.74 Å². The quantitative estimate of drug-likeness (QED) is 0.199. The second-order valence-corrected chi connectivity index (χ2v) is 12.1. The molecule has 0 aliphatic carbocycles. The Morgan fingerprint density at radius 1 is 0.909 bits per heavy atom. The summed E-state index contributed by atoms with van der Waals surface area (Å²) in [4.78, 5) is 53.3. The lowest BCUT2D eigenvalue weighted by Gasteiger charge is -2.29. The van der Waals surface area contributed by atoms with Crippen molar-refractivity contribution >= 4 is 23.7 Å². The average Bonchev–Trinajstić information content (AvgIpc) is 3.50. The van der Waals surface area contributed by atoms with Gasteiger partial charge in [-0.2, -0.15) is 0 Å². The van der Waals surface area contributed by atoms with Crippen molar-refractivity contribution in [2.75, 3.05) is 6.54 Å². The molecule has 1 aliphatic rings. The van der Waals surface area contributed by atoms with E-state index >= 15 is 0 Å². The van der Waals surface area contributed by atoms with Crippen molar-refractivity contribution in [1.82, 2.24) is 15.5 Å². The lowest BCUT2D eigenvalue weighted by Crippen LogP contribution is -2.56. The molecule has 0 radical (unpaired) electrons. The summed E-state index contributed by atoms with van der Waals surface area (Å²) >= 11 is 0. The minimum Gasteiger partial charge on any atom is -0.489 e. The maximum Gasteiger partial charge on any atom is 0.326 e. The number of unbranched alkanes of at least 4 members (excludes halogenated alkanes) is 4. The largest absolute Gasteiger partial charge is 0.489 e. The molecule has 1 fully saturated rings. The zero-order chi connectivity index (χ0) is 31.9. The first-order chi connectivity index (χ1) is 21.2. The fraction of sp³-hybridized carbons (Fsp3) is 0.543. The molecule has 0 spiro atoms. The van der Waals surface area contributed by atoms with Crippen LogP contribution >= 0.6 is 0 Å². The van der Waals surface area contributed by atoms with Crippen molar-refractivity contribution in [2.24, 2.45) is 5.92 Å². The van der Waals surface area contributed by atoms with Crippen molar-refractivity contribution in [3.8, 4) is 5.75 Å². The van der Waals surface area contributed by atoms with Crippen LogP contribution in [0.1, 0.15) is 89.7 Å². The molecule has 9 nitrogen and oxygen atoms in total. The highest BCUT2D eigenvalue weighted by atomic mass is 16.5. The fourth-order valence-corrected chi connectivity index (χ4v) is 5.52. The number of benzene rings is 2. The maximum absolute atomic E-state index is 13.7. The van der Waals surface area contributed by atoms with Gasteiger partial charge in [-0.1, -0.05) is 88.9 Å². The van der Waals surface area contributed by atoms with Crippen LogP contribution in [-0.2, 0) is 32.2 Å². The topological polar surface area (TPSA) is 125 Å². The number of amides is 3. The van der Waals surface area contributed by atoms with Gasteiger partial charge in [-0.05, 0) is 54.9 Å². The Hall–Kier alpha value is -3.88. The van der Waals surface area contributed by atoms with E-state index in [1.165, 1.54) is 4.90 Å². The lowest BCUT2D eigenvalue weighted by molar-refractivity contribution is -0.149. The van der Waals surface area contributed by atoms with Crippen LogP contribution in [0.5, 0.6) is 5.75 Å². The highest BCUT2D eigenvalue weighted by Crippen LogP contribution is 2.21. The Kier molecular flexibility index (Phi) is 14.2. The third-order valence-electron chi connectivity index (χ3n) is 7.91. The first-order valence-electron chi connectivity index (χ1n) is 16.1. The molecule has 1 saturated heterocycles. The molecule has 3 amide bonds. The first kappa shape index (κ1) is 34.6. The standard InChI is InChI=1S/C35H49N3O6/c1-4-5-6-7-11-16-32(39)36-29(23-26-17-19-28(20-18-26)44-24-27-13-9-8-10-14-27)33(40)37-30(22-25(2)3)34(41)38-21-12-15-31(38)35(42)43/h8-10,13-14,17-20,25,29-31H,4-7,11-12,15-16,21-24H2,1-3H3,(H,36,39)(H,37,40)(H,42,43)/t29-,30-,31-/m0/s1. The van der Waals surface area contributed by atoms with Crippen molar-refractivity contribution in [3.63, 3.8) is 0 Å². The number of carboxylic acids is 1. The highest BCUT2D eigenvalue weighted by molar-refractivity contribution is 5.93. The lowest BCUT2D eigenvalue weighted by atomic mass is 10.00. The van der Waals surface area contributed by atoms with Crippen molar-refractivity contribution in [2.45, 2.75) is 110 Å². The SMILES string of the molecule is CCCCCCCC(=O)N[C@@H](Cc1ccc(OCc2ccccc2)cc1)C(=O)N[C@@H](CC(C)C)C(=O)N1CCC[C@H]1C(=O)O. The molecule has 0 unspecified atom stereocenters. The van der Waals surface area contributed by atoms with E-state index in [9.17, 15) is 24.3 Å². The number of rotatable bonds is 18. The van der Waals surface area contributed by atoms with E-state index in [0.29, 0.717) is 44.6 Å². The number of aliphatic carboxylic acids is 1. The third kappa shape index (κ3) is 11.3. The van der Waals surface area contributed by atoms with Gasteiger partial charge in [-0.25, -0.2) is 4.79 Å². The second kappa shape index (κ2) is 18.0. The van der Waals surface area contributed by atoms with Gasteiger partial charge in [0.05, 0.1) is 0 Å². The molecule has 3 rings (SSSR count). The van der Waals surface area contributed by atoms with Gasteiger partial charge in [0.25, 0.3) is 0 Å². The van der Waals surface area contributed by atoms with Crippen LogP contribution in [0.15, 0.2) is 54.6 Å². The van der Waals surface area contributed by atoms with Gasteiger partial charge in [-0.3, -0.25) is 14.4 Å². The van der Waals surface area contributed by atoms with Gasteiger partial charge in [0, 0.05) is 19.4 Å². The molecule has 1 aliphatic heterocycles. The predicted molar refractivity (Wildman–Crippen MR) is 170 cm³/mol. The van der Waals surface area contributed by atoms with Crippen LogP contribution < -0.4 is 15.4 Å². The Balaban J connectivity index is 1.71. The predicted octanol–water partition coefficient (Wildman–Crippen LogP) is 5.26. The molecule has 3 atom stereocenters. The summed E-state index contributed by atoms with van der Waals surface area (Å²) in [6.45, 7) is 6.82. The number of nitrogens with one attached hydrogen (secondary N) is 2. The van der Waals surface area contributed by atoms with E-state index in [1.807, 2.05) is 68.4 Å². The molecule has 1 heterocycles. The number of hydrogen-bond donors (Lipinski definition) is 3. The number of ether oxygens (including phenoxy) is 1. The molecule has 9 heteroatoms. The molecule has 44 heavy (non-hydrogen) atoms. The van der Waals surface area contributed by atoms with E-state index in [-0.39, 0.29) is 18.2 Å². The minimum absolute atomic E-state index is 0.0784. The minimum atomic E-state index is -1.04. The normalized spacial score (nSPS) is 15.9. The molecule has 0 bridgehead atoms. The van der Waals surface area contributed by atoms with Crippen LogP contribution in [0.3, 0.4) is 0 Å². The first-order valence-corrected chi connectivity index (χ1v) is 16.1.